The molecule has 1 aromatic heterocycles. The molecule has 0 bridgehead atoms. The lowest BCUT2D eigenvalue weighted by molar-refractivity contribution is 0.0320. The molecule has 0 unspecified atom stereocenters. The average Bonchev–Trinajstić information content (AvgIpc) is 2.69. The third kappa shape index (κ3) is 7.63. The number of rotatable bonds is 12. The first kappa shape index (κ1) is 19.9. The lowest BCUT2D eigenvalue weighted by Crippen LogP contribution is -2.11. The summed E-state index contributed by atoms with van der Waals surface area (Å²) in [6, 6.07) is 11.9. The van der Waals surface area contributed by atoms with Gasteiger partial charge < -0.3 is 19.5 Å². The Morgan fingerprint density at radius 3 is 2.19 bits per heavy atom. The molecule has 0 aliphatic carbocycles. The van der Waals surface area contributed by atoms with Crippen molar-refractivity contribution in [3.05, 3.63) is 53.7 Å². The Morgan fingerprint density at radius 1 is 0.885 bits per heavy atom. The van der Waals surface area contributed by atoms with Gasteiger partial charge in [0.25, 0.3) is 0 Å². The van der Waals surface area contributed by atoms with Crippen LogP contribution in [-0.2, 0) is 9.47 Å². The molecule has 0 atom stereocenters. The lowest BCUT2D eigenvalue weighted by Gasteiger charge is -2.06. The molecule has 1 N–H and O–H groups in total. The minimum absolute atomic E-state index is 0.117. The quantitative estimate of drug-likeness (QED) is 0.586. The van der Waals surface area contributed by atoms with E-state index in [0.717, 1.165) is 16.8 Å². The van der Waals surface area contributed by atoms with E-state index in [9.17, 15) is 4.39 Å². The van der Waals surface area contributed by atoms with Crippen molar-refractivity contribution >= 4 is 17.8 Å². The maximum atomic E-state index is 11.8. The molecule has 1 aromatic carbocycles. The normalized spacial score (nSPS) is 11.0. The molecular formula is C20H25FN2O3. The minimum atomic E-state index is -0.470. The molecule has 1 heterocycles. The Balaban J connectivity index is 1.68. The number of nitrogens with zero attached hydrogens (tertiary/aromatic N) is 1. The van der Waals surface area contributed by atoms with E-state index in [1.165, 1.54) is 0 Å². The van der Waals surface area contributed by atoms with Crippen LogP contribution < -0.4 is 10.1 Å². The Morgan fingerprint density at radius 2 is 1.54 bits per heavy atom. The van der Waals surface area contributed by atoms with E-state index in [2.05, 4.69) is 22.4 Å². The van der Waals surface area contributed by atoms with Crippen LogP contribution >= 0.6 is 0 Å². The van der Waals surface area contributed by atoms with Gasteiger partial charge in [-0.25, -0.2) is 9.37 Å². The zero-order chi connectivity index (χ0) is 18.5. The topological polar surface area (TPSA) is 52.6 Å². The van der Waals surface area contributed by atoms with Gasteiger partial charge in [0.05, 0.1) is 26.4 Å². The van der Waals surface area contributed by atoms with Gasteiger partial charge >= 0.3 is 0 Å². The zero-order valence-corrected chi connectivity index (χ0v) is 15.0. The predicted octanol–water partition coefficient (Wildman–Crippen LogP) is 3.68. The summed E-state index contributed by atoms with van der Waals surface area (Å²) in [4.78, 5) is 4.27. The number of anilines is 1. The fourth-order valence-corrected chi connectivity index (χ4v) is 2.11. The molecule has 0 aliphatic rings. The standard InChI is InChI=1S/C20H25FN2O3/c1-22-19-7-4-17(5-8-19)2-3-18-6-9-20(23-16-18)26-15-14-25-13-12-24-11-10-21/h2-9,16,22H,10-15H2,1H3/i21-1. The van der Waals surface area contributed by atoms with Crippen LogP contribution in [0.3, 0.4) is 0 Å². The molecule has 0 amide bonds. The van der Waals surface area contributed by atoms with E-state index >= 15 is 0 Å². The van der Waals surface area contributed by atoms with Crippen molar-refractivity contribution in [2.24, 2.45) is 0 Å². The number of alkyl halides is 1. The summed E-state index contributed by atoms with van der Waals surface area (Å²) in [6.07, 6.45) is 5.81. The highest BCUT2D eigenvalue weighted by Crippen LogP contribution is 2.13. The summed E-state index contributed by atoms with van der Waals surface area (Å²) in [6.45, 7) is 1.30. The van der Waals surface area contributed by atoms with E-state index < -0.39 is 6.67 Å². The van der Waals surface area contributed by atoms with Crippen LogP contribution in [0.4, 0.5) is 10.1 Å². The van der Waals surface area contributed by atoms with Crippen LogP contribution in [0.2, 0.25) is 0 Å². The summed E-state index contributed by atoms with van der Waals surface area (Å²) in [5, 5.41) is 3.09. The Kier molecular flexibility index (Phi) is 9.18. The number of ether oxygens (including phenoxy) is 3. The summed E-state index contributed by atoms with van der Waals surface area (Å²) in [7, 11) is 1.90. The van der Waals surface area contributed by atoms with Gasteiger partial charge in [-0.05, 0) is 29.3 Å². The third-order valence-electron chi connectivity index (χ3n) is 3.50. The molecule has 2 aromatic rings. The molecule has 5 nitrogen and oxygen atoms in total. The molecule has 26 heavy (non-hydrogen) atoms. The summed E-state index contributed by atoms with van der Waals surface area (Å²) >= 11 is 0. The van der Waals surface area contributed by atoms with E-state index in [-0.39, 0.29) is 6.61 Å². The highest BCUT2D eigenvalue weighted by molar-refractivity contribution is 5.70. The summed E-state index contributed by atoms with van der Waals surface area (Å²) < 4.78 is 27.6. The highest BCUT2D eigenvalue weighted by atomic mass is 18.2. The molecule has 2 rings (SSSR count). The Bertz CT molecular complexity index is 645. The number of hydrogen-bond donors (Lipinski definition) is 1. The van der Waals surface area contributed by atoms with Crippen molar-refractivity contribution in [3.8, 4) is 5.88 Å². The SMILES string of the molecule is CNc1ccc(C=Cc2ccc(OCCOCCOCC[18F])nc2)cc1. The number of nitrogens with one attached hydrogen (secondary N) is 1. The predicted molar refractivity (Wildman–Crippen MR) is 102 cm³/mol. The molecule has 140 valence electrons. The Hall–Kier alpha value is -2.44. The average molecular weight is 359 g/mol. The fourth-order valence-electron chi connectivity index (χ4n) is 2.11. The van der Waals surface area contributed by atoms with Crippen LogP contribution in [0.15, 0.2) is 42.6 Å². The van der Waals surface area contributed by atoms with E-state index in [0.29, 0.717) is 32.3 Å². The van der Waals surface area contributed by atoms with Crippen LogP contribution in [0.25, 0.3) is 12.2 Å². The van der Waals surface area contributed by atoms with Crippen LogP contribution in [0, 0.1) is 0 Å². The number of pyridine rings is 1. The van der Waals surface area contributed by atoms with Crippen molar-refractivity contribution in [2.45, 2.75) is 0 Å². The van der Waals surface area contributed by atoms with Crippen LogP contribution in [0.1, 0.15) is 11.1 Å². The van der Waals surface area contributed by atoms with Gasteiger partial charge in [-0.1, -0.05) is 24.3 Å². The fraction of sp³-hybridized carbons (Fsp3) is 0.350. The van der Waals surface area contributed by atoms with Crippen molar-refractivity contribution < 1.29 is 18.6 Å². The summed E-state index contributed by atoms with van der Waals surface area (Å²) in [5.74, 6) is 0.554. The molecule has 6 heteroatoms. The Labute approximate surface area is 153 Å². The maximum Gasteiger partial charge on any atom is 0.213 e. The third-order valence-corrected chi connectivity index (χ3v) is 3.50. The second kappa shape index (κ2) is 12.0. The minimum Gasteiger partial charge on any atom is -0.475 e. The molecule has 0 saturated carbocycles. The number of hydrogen-bond acceptors (Lipinski definition) is 5. The van der Waals surface area contributed by atoms with Crippen LogP contribution in [-0.4, -0.2) is 51.7 Å². The van der Waals surface area contributed by atoms with E-state index in [4.69, 9.17) is 14.2 Å². The van der Waals surface area contributed by atoms with Gasteiger partial charge in [0.15, 0.2) is 0 Å². The number of aromatic nitrogens is 1. The monoisotopic (exact) mass is 359 g/mol. The molecule has 0 radical (unpaired) electrons. The van der Waals surface area contributed by atoms with Gasteiger partial charge in [-0.2, -0.15) is 0 Å². The second-order valence-corrected chi connectivity index (χ2v) is 5.40. The first-order valence-corrected chi connectivity index (χ1v) is 8.58. The molecule has 0 fully saturated rings. The number of halogens is 1. The first-order valence-electron chi connectivity index (χ1n) is 8.58. The van der Waals surface area contributed by atoms with E-state index in [1.807, 2.05) is 43.5 Å². The van der Waals surface area contributed by atoms with Gasteiger partial charge in [-0.3, -0.25) is 0 Å². The van der Waals surface area contributed by atoms with Crippen molar-refractivity contribution in [3.63, 3.8) is 0 Å². The molecule has 0 spiro atoms. The van der Waals surface area contributed by atoms with Crippen molar-refractivity contribution in [2.75, 3.05) is 52.1 Å². The highest BCUT2D eigenvalue weighted by Gasteiger charge is 1.96. The smallest absolute Gasteiger partial charge is 0.213 e. The van der Waals surface area contributed by atoms with Crippen molar-refractivity contribution in [1.82, 2.24) is 4.98 Å². The molecule has 0 aliphatic heterocycles. The lowest BCUT2D eigenvalue weighted by atomic mass is 10.1. The van der Waals surface area contributed by atoms with Gasteiger partial charge in [-0.15, -0.1) is 0 Å². The van der Waals surface area contributed by atoms with Gasteiger partial charge in [0.1, 0.15) is 13.3 Å². The maximum absolute atomic E-state index is 11.8. The number of benzene rings is 1. The zero-order valence-electron chi connectivity index (χ0n) is 15.0. The van der Waals surface area contributed by atoms with Crippen LogP contribution in [0.5, 0.6) is 5.88 Å². The van der Waals surface area contributed by atoms with Gasteiger partial charge in [0.2, 0.25) is 5.88 Å². The summed E-state index contributed by atoms with van der Waals surface area (Å²) in [5.41, 5.74) is 3.20. The van der Waals surface area contributed by atoms with E-state index in [1.54, 1.807) is 6.20 Å². The molecule has 0 saturated heterocycles. The van der Waals surface area contributed by atoms with Gasteiger partial charge in [0, 0.05) is 25.0 Å². The first-order chi connectivity index (χ1) is 12.8. The van der Waals surface area contributed by atoms with Crippen molar-refractivity contribution in [1.29, 1.82) is 0 Å². The largest absolute Gasteiger partial charge is 0.475 e. The molecular weight excluding hydrogens is 334 g/mol. The second-order valence-electron chi connectivity index (χ2n) is 5.40.